The summed E-state index contributed by atoms with van der Waals surface area (Å²) in [7, 11) is 0. The molecule has 0 amide bonds. The molecule has 3 N–H and O–H groups in total. The summed E-state index contributed by atoms with van der Waals surface area (Å²) in [5.41, 5.74) is 3.09. The molecular formula is C15H25NO2. The van der Waals surface area contributed by atoms with Gasteiger partial charge in [0.15, 0.2) is 0 Å². The zero-order chi connectivity index (χ0) is 13.8. The molecule has 0 spiro atoms. The molecule has 18 heavy (non-hydrogen) atoms. The topological polar surface area (TPSA) is 52.5 Å². The lowest BCUT2D eigenvalue weighted by Gasteiger charge is -2.34. The summed E-state index contributed by atoms with van der Waals surface area (Å²) in [4.78, 5) is 0. The molecule has 0 fully saturated rings. The fraction of sp³-hybridized carbons (Fsp3) is 0.600. The van der Waals surface area contributed by atoms with Gasteiger partial charge in [0.1, 0.15) is 0 Å². The van der Waals surface area contributed by atoms with E-state index in [0.717, 1.165) is 0 Å². The molecule has 1 atom stereocenters. The quantitative estimate of drug-likeness (QED) is 0.725. The number of nitrogens with one attached hydrogen (secondary N) is 1. The molecule has 1 unspecified atom stereocenters. The molecule has 3 heteroatoms. The van der Waals surface area contributed by atoms with E-state index >= 15 is 0 Å². The maximum absolute atomic E-state index is 9.46. The highest BCUT2D eigenvalue weighted by Crippen LogP contribution is 2.22. The van der Waals surface area contributed by atoms with E-state index in [1.165, 1.54) is 16.7 Å². The minimum Gasteiger partial charge on any atom is -0.394 e. The molecule has 102 valence electrons. The van der Waals surface area contributed by atoms with Crippen molar-refractivity contribution in [1.29, 1.82) is 0 Å². The maximum Gasteiger partial charge on any atom is 0.0650 e. The first-order chi connectivity index (χ1) is 8.48. The van der Waals surface area contributed by atoms with Crippen LogP contribution in [0.4, 0.5) is 0 Å². The van der Waals surface area contributed by atoms with Crippen molar-refractivity contribution >= 4 is 0 Å². The van der Waals surface area contributed by atoms with Crippen molar-refractivity contribution in [3.05, 3.63) is 34.9 Å². The Balaban J connectivity index is 2.90. The van der Waals surface area contributed by atoms with Crippen molar-refractivity contribution in [2.45, 2.75) is 45.7 Å². The Morgan fingerprint density at radius 2 is 1.83 bits per heavy atom. The van der Waals surface area contributed by atoms with E-state index in [9.17, 15) is 10.2 Å². The fourth-order valence-corrected chi connectivity index (χ4v) is 2.32. The first-order valence-electron chi connectivity index (χ1n) is 6.54. The molecular weight excluding hydrogens is 226 g/mol. The zero-order valence-corrected chi connectivity index (χ0v) is 11.8. The third kappa shape index (κ3) is 3.31. The van der Waals surface area contributed by atoms with Crippen molar-refractivity contribution in [2.24, 2.45) is 0 Å². The molecule has 0 radical (unpaired) electrons. The predicted octanol–water partition coefficient (Wildman–Crippen LogP) is 2.09. The van der Waals surface area contributed by atoms with Crippen molar-refractivity contribution in [1.82, 2.24) is 5.32 Å². The van der Waals surface area contributed by atoms with E-state index < -0.39 is 5.54 Å². The predicted molar refractivity (Wildman–Crippen MR) is 74.7 cm³/mol. The van der Waals surface area contributed by atoms with Crippen LogP contribution >= 0.6 is 0 Å². The molecule has 0 saturated heterocycles. The average molecular weight is 251 g/mol. The van der Waals surface area contributed by atoms with Gasteiger partial charge in [0.2, 0.25) is 0 Å². The van der Waals surface area contributed by atoms with Crippen LogP contribution in [0.5, 0.6) is 0 Å². The summed E-state index contributed by atoms with van der Waals surface area (Å²) >= 11 is 0. The largest absolute Gasteiger partial charge is 0.394 e. The van der Waals surface area contributed by atoms with Gasteiger partial charge in [-0.3, -0.25) is 0 Å². The van der Waals surface area contributed by atoms with Gasteiger partial charge in [-0.1, -0.05) is 30.7 Å². The van der Waals surface area contributed by atoms with Crippen LogP contribution in [0, 0.1) is 13.8 Å². The third-order valence-electron chi connectivity index (χ3n) is 3.70. The highest BCUT2D eigenvalue weighted by atomic mass is 16.3. The van der Waals surface area contributed by atoms with Gasteiger partial charge in [0, 0.05) is 6.04 Å². The summed E-state index contributed by atoms with van der Waals surface area (Å²) in [6, 6.07) is 6.45. The SMILES string of the molecule is CCC(CO)(CO)NC(C)c1ccc(C)cc1C. The van der Waals surface area contributed by atoms with Crippen LogP contribution in [0.1, 0.15) is 43.0 Å². The number of hydrogen-bond donors (Lipinski definition) is 3. The van der Waals surface area contributed by atoms with E-state index in [-0.39, 0.29) is 19.3 Å². The molecule has 1 rings (SSSR count). The first-order valence-corrected chi connectivity index (χ1v) is 6.54. The standard InChI is InChI=1S/C15H25NO2/c1-5-15(9-17,10-18)16-13(4)14-7-6-11(2)8-12(14)3/h6-8,13,16-18H,5,9-10H2,1-4H3. The van der Waals surface area contributed by atoms with Crippen molar-refractivity contribution in [2.75, 3.05) is 13.2 Å². The molecule has 1 aromatic rings. The first kappa shape index (κ1) is 15.2. The number of aryl methyl sites for hydroxylation is 2. The Morgan fingerprint density at radius 1 is 1.22 bits per heavy atom. The second kappa shape index (κ2) is 6.32. The lowest BCUT2D eigenvalue weighted by Crippen LogP contribution is -2.52. The molecule has 0 aliphatic carbocycles. The molecule has 0 heterocycles. The molecule has 0 saturated carbocycles. The van der Waals surface area contributed by atoms with E-state index in [0.29, 0.717) is 6.42 Å². The Labute approximate surface area is 110 Å². The van der Waals surface area contributed by atoms with Gasteiger partial charge < -0.3 is 15.5 Å². The Kier molecular flexibility index (Phi) is 5.32. The van der Waals surface area contributed by atoms with E-state index in [4.69, 9.17) is 0 Å². The minimum atomic E-state index is -0.600. The highest BCUT2D eigenvalue weighted by Gasteiger charge is 2.28. The van der Waals surface area contributed by atoms with Gasteiger partial charge in [-0.25, -0.2) is 0 Å². The lowest BCUT2D eigenvalue weighted by atomic mass is 9.93. The van der Waals surface area contributed by atoms with Crippen LogP contribution in [-0.4, -0.2) is 29.0 Å². The van der Waals surface area contributed by atoms with E-state index in [1.54, 1.807) is 0 Å². The summed E-state index contributed by atoms with van der Waals surface area (Å²) in [5.74, 6) is 0. The van der Waals surface area contributed by atoms with Crippen LogP contribution in [0.25, 0.3) is 0 Å². The number of benzene rings is 1. The van der Waals surface area contributed by atoms with Gasteiger partial charge >= 0.3 is 0 Å². The summed E-state index contributed by atoms with van der Waals surface area (Å²) in [5, 5.41) is 22.3. The number of aliphatic hydroxyl groups excluding tert-OH is 2. The maximum atomic E-state index is 9.46. The Morgan fingerprint density at radius 3 is 2.28 bits per heavy atom. The van der Waals surface area contributed by atoms with Crippen molar-refractivity contribution in [3.63, 3.8) is 0 Å². The smallest absolute Gasteiger partial charge is 0.0650 e. The second-order valence-electron chi connectivity index (χ2n) is 5.18. The van der Waals surface area contributed by atoms with Gasteiger partial charge in [-0.2, -0.15) is 0 Å². The average Bonchev–Trinajstić information content (AvgIpc) is 2.36. The molecule has 0 bridgehead atoms. The second-order valence-corrected chi connectivity index (χ2v) is 5.18. The summed E-state index contributed by atoms with van der Waals surface area (Å²) < 4.78 is 0. The zero-order valence-electron chi connectivity index (χ0n) is 11.8. The normalized spacial score (nSPS) is 13.7. The van der Waals surface area contributed by atoms with Crippen LogP contribution < -0.4 is 5.32 Å². The summed E-state index contributed by atoms with van der Waals surface area (Å²) in [6.45, 7) is 8.07. The summed E-state index contributed by atoms with van der Waals surface area (Å²) in [6.07, 6.45) is 0.690. The monoisotopic (exact) mass is 251 g/mol. The van der Waals surface area contributed by atoms with E-state index in [2.05, 4.69) is 44.3 Å². The van der Waals surface area contributed by atoms with Crippen LogP contribution in [0.2, 0.25) is 0 Å². The minimum absolute atomic E-state index is 0.0603. The molecule has 0 aromatic heterocycles. The number of rotatable bonds is 6. The van der Waals surface area contributed by atoms with Gasteiger partial charge in [0.05, 0.1) is 18.8 Å². The van der Waals surface area contributed by atoms with Crippen molar-refractivity contribution < 1.29 is 10.2 Å². The van der Waals surface area contributed by atoms with Gasteiger partial charge in [-0.15, -0.1) is 0 Å². The Hall–Kier alpha value is -0.900. The van der Waals surface area contributed by atoms with Crippen LogP contribution in [0.15, 0.2) is 18.2 Å². The highest BCUT2D eigenvalue weighted by molar-refractivity contribution is 5.32. The Bertz CT molecular complexity index is 378. The van der Waals surface area contributed by atoms with Gasteiger partial charge in [0.25, 0.3) is 0 Å². The third-order valence-corrected chi connectivity index (χ3v) is 3.70. The number of aliphatic hydroxyl groups is 2. The fourth-order valence-electron chi connectivity index (χ4n) is 2.32. The van der Waals surface area contributed by atoms with Crippen LogP contribution in [0.3, 0.4) is 0 Å². The molecule has 0 aliphatic rings. The molecule has 0 aliphatic heterocycles. The van der Waals surface area contributed by atoms with Crippen LogP contribution in [-0.2, 0) is 0 Å². The van der Waals surface area contributed by atoms with E-state index in [1.807, 2.05) is 6.92 Å². The molecule has 1 aromatic carbocycles. The van der Waals surface area contributed by atoms with Gasteiger partial charge in [-0.05, 0) is 38.3 Å². The molecule has 3 nitrogen and oxygen atoms in total. The number of hydrogen-bond acceptors (Lipinski definition) is 3. The van der Waals surface area contributed by atoms with Crippen molar-refractivity contribution in [3.8, 4) is 0 Å². The lowest BCUT2D eigenvalue weighted by molar-refractivity contribution is 0.0792.